The second-order valence-electron chi connectivity index (χ2n) is 4.49. The van der Waals surface area contributed by atoms with Crippen molar-refractivity contribution in [3.05, 3.63) is 70.1 Å². The summed E-state index contributed by atoms with van der Waals surface area (Å²) in [5.74, 6) is 0. The topological polar surface area (TPSA) is 0 Å². The number of halogens is 2. The van der Waals surface area contributed by atoms with Crippen LogP contribution in [0, 0.1) is 0 Å². The van der Waals surface area contributed by atoms with E-state index < -0.39 is 0 Å². The maximum absolute atomic E-state index is 6.04. The van der Waals surface area contributed by atoms with Gasteiger partial charge < -0.3 is 0 Å². The van der Waals surface area contributed by atoms with Gasteiger partial charge in [0.25, 0.3) is 0 Å². The number of alkyl halides is 1. The van der Waals surface area contributed by atoms with Crippen LogP contribution in [0.4, 0.5) is 0 Å². The van der Waals surface area contributed by atoms with Gasteiger partial charge in [-0.3, -0.25) is 0 Å². The molecule has 96 valence electrons. The molecule has 2 aromatic carbocycles. The zero-order valence-corrected chi connectivity index (χ0v) is 13.3. The molecule has 19 heavy (non-hydrogen) atoms. The molecule has 1 atom stereocenters. The average molecular weight is 352 g/mol. The van der Waals surface area contributed by atoms with Gasteiger partial charge in [0.05, 0.1) is 0 Å². The molecule has 1 unspecified atom stereocenters. The molecule has 0 aliphatic rings. The predicted molar refractivity (Wildman–Crippen MR) is 88.6 cm³/mol. The number of fused-ring (bicyclic) bond motifs is 1. The minimum Gasteiger partial charge on any atom is -0.143 e. The summed E-state index contributed by atoms with van der Waals surface area (Å²) in [4.78, 5) is 0.321. The summed E-state index contributed by atoms with van der Waals surface area (Å²) in [6, 6.07) is 16.6. The van der Waals surface area contributed by atoms with Crippen molar-refractivity contribution < 1.29 is 0 Å². The summed E-state index contributed by atoms with van der Waals surface area (Å²) in [5.41, 5.74) is 2.62. The largest absolute Gasteiger partial charge is 0.143 e. The monoisotopic (exact) mass is 350 g/mol. The summed E-state index contributed by atoms with van der Waals surface area (Å²) in [5, 5.41) is 4.39. The number of thiophene rings is 1. The summed E-state index contributed by atoms with van der Waals surface area (Å²) >= 11 is 11.6. The van der Waals surface area contributed by atoms with Crippen LogP contribution in [-0.2, 0) is 6.42 Å². The van der Waals surface area contributed by atoms with Gasteiger partial charge in [-0.05, 0) is 46.5 Å². The van der Waals surface area contributed by atoms with E-state index in [1.807, 2.05) is 18.2 Å². The van der Waals surface area contributed by atoms with Crippen LogP contribution in [-0.4, -0.2) is 0 Å². The third-order valence-corrected chi connectivity index (χ3v) is 5.19. The van der Waals surface area contributed by atoms with Crippen molar-refractivity contribution in [2.45, 2.75) is 11.2 Å². The van der Waals surface area contributed by atoms with E-state index in [0.29, 0.717) is 4.83 Å². The molecule has 0 aliphatic carbocycles. The minimum atomic E-state index is 0.321. The highest BCUT2D eigenvalue weighted by molar-refractivity contribution is 9.09. The summed E-state index contributed by atoms with van der Waals surface area (Å²) < 4.78 is 1.34. The molecular formula is C16H12BrClS. The zero-order chi connectivity index (χ0) is 13.2. The Labute approximate surface area is 130 Å². The lowest BCUT2D eigenvalue weighted by Crippen LogP contribution is -1.94. The molecular weight excluding hydrogens is 340 g/mol. The molecule has 0 N–H and O–H groups in total. The van der Waals surface area contributed by atoms with Gasteiger partial charge in [0.1, 0.15) is 0 Å². The van der Waals surface area contributed by atoms with Crippen molar-refractivity contribution in [3.8, 4) is 0 Å². The lowest BCUT2D eigenvalue weighted by atomic mass is 10.0. The fraction of sp³-hybridized carbons (Fsp3) is 0.125. The molecule has 0 spiro atoms. The number of hydrogen-bond donors (Lipinski definition) is 0. The van der Waals surface area contributed by atoms with E-state index in [1.54, 1.807) is 11.3 Å². The average Bonchev–Trinajstić information content (AvgIpc) is 2.82. The van der Waals surface area contributed by atoms with Gasteiger partial charge in [-0.2, -0.15) is 0 Å². The van der Waals surface area contributed by atoms with Crippen molar-refractivity contribution in [1.29, 1.82) is 0 Å². The molecule has 3 aromatic rings. The molecule has 0 radical (unpaired) electrons. The van der Waals surface area contributed by atoms with Crippen molar-refractivity contribution in [2.75, 3.05) is 0 Å². The van der Waals surface area contributed by atoms with Crippen molar-refractivity contribution >= 4 is 49.0 Å². The van der Waals surface area contributed by atoms with Crippen LogP contribution in [0.5, 0.6) is 0 Å². The lowest BCUT2D eigenvalue weighted by Gasteiger charge is -2.09. The van der Waals surface area contributed by atoms with Gasteiger partial charge in [0.2, 0.25) is 0 Å². The zero-order valence-electron chi connectivity index (χ0n) is 10.1. The smallest absolute Gasteiger partial charge is 0.0450 e. The standard InChI is InChI=1S/C16H12BrClS/c17-15(9-11-4-3-5-12(18)8-11)14-10-19-16-7-2-1-6-13(14)16/h1-8,10,15H,9H2. The molecule has 0 nitrogen and oxygen atoms in total. The van der Waals surface area contributed by atoms with Crippen LogP contribution < -0.4 is 0 Å². The molecule has 1 heterocycles. The highest BCUT2D eigenvalue weighted by Gasteiger charge is 2.13. The number of hydrogen-bond acceptors (Lipinski definition) is 1. The molecule has 0 aliphatic heterocycles. The van der Waals surface area contributed by atoms with Gasteiger partial charge in [-0.1, -0.05) is 57.9 Å². The molecule has 0 saturated heterocycles. The molecule has 0 saturated carbocycles. The van der Waals surface area contributed by atoms with Crippen molar-refractivity contribution in [3.63, 3.8) is 0 Å². The second kappa shape index (κ2) is 5.66. The Balaban J connectivity index is 1.90. The van der Waals surface area contributed by atoms with Crippen molar-refractivity contribution in [2.24, 2.45) is 0 Å². The number of rotatable bonds is 3. The Morgan fingerprint density at radius 2 is 1.95 bits per heavy atom. The van der Waals surface area contributed by atoms with Gasteiger partial charge in [-0.15, -0.1) is 11.3 Å². The van der Waals surface area contributed by atoms with E-state index in [9.17, 15) is 0 Å². The number of benzene rings is 2. The van der Waals surface area contributed by atoms with E-state index in [0.717, 1.165) is 11.4 Å². The first-order valence-electron chi connectivity index (χ1n) is 6.08. The third kappa shape index (κ3) is 2.86. The van der Waals surface area contributed by atoms with Crippen LogP contribution in [0.25, 0.3) is 10.1 Å². The first-order chi connectivity index (χ1) is 9.24. The molecule has 0 fully saturated rings. The van der Waals surface area contributed by atoms with Gasteiger partial charge in [0, 0.05) is 14.5 Å². The maximum atomic E-state index is 6.04. The van der Waals surface area contributed by atoms with Gasteiger partial charge in [-0.25, -0.2) is 0 Å². The van der Waals surface area contributed by atoms with Gasteiger partial charge >= 0.3 is 0 Å². The Morgan fingerprint density at radius 3 is 2.79 bits per heavy atom. The summed E-state index contributed by atoms with van der Waals surface area (Å²) in [6.07, 6.45) is 0.946. The molecule has 3 rings (SSSR count). The van der Waals surface area contributed by atoms with Crippen molar-refractivity contribution in [1.82, 2.24) is 0 Å². The third-order valence-electron chi connectivity index (χ3n) is 3.15. The fourth-order valence-corrected chi connectivity index (χ4v) is 4.38. The summed E-state index contributed by atoms with van der Waals surface area (Å²) in [6.45, 7) is 0. The van der Waals surface area contributed by atoms with Gasteiger partial charge in [0.15, 0.2) is 0 Å². The fourth-order valence-electron chi connectivity index (χ4n) is 2.22. The summed E-state index contributed by atoms with van der Waals surface area (Å²) in [7, 11) is 0. The Morgan fingerprint density at radius 1 is 1.11 bits per heavy atom. The Bertz CT molecular complexity index is 705. The highest BCUT2D eigenvalue weighted by atomic mass is 79.9. The van der Waals surface area contributed by atoms with E-state index in [1.165, 1.54) is 21.2 Å². The Hall–Kier alpha value is -0.830. The predicted octanol–water partition coefficient (Wildman–Crippen LogP) is 6.23. The van der Waals surface area contributed by atoms with E-state index >= 15 is 0 Å². The van der Waals surface area contributed by atoms with E-state index in [2.05, 4.69) is 51.6 Å². The first-order valence-corrected chi connectivity index (χ1v) is 8.26. The van der Waals surface area contributed by atoms with Crippen LogP contribution in [0.15, 0.2) is 53.9 Å². The quantitative estimate of drug-likeness (QED) is 0.490. The maximum Gasteiger partial charge on any atom is 0.0450 e. The molecule has 0 amide bonds. The van der Waals surface area contributed by atoms with Crippen LogP contribution in [0.1, 0.15) is 16.0 Å². The highest BCUT2D eigenvalue weighted by Crippen LogP contribution is 2.36. The normalized spacial score (nSPS) is 12.7. The molecule has 3 heteroatoms. The van der Waals surface area contributed by atoms with E-state index in [4.69, 9.17) is 11.6 Å². The van der Waals surface area contributed by atoms with E-state index in [-0.39, 0.29) is 0 Å². The second-order valence-corrected chi connectivity index (χ2v) is 6.94. The van der Waals surface area contributed by atoms with Crippen LogP contribution >= 0.6 is 38.9 Å². The first kappa shape index (κ1) is 13.2. The Kier molecular flexibility index (Phi) is 3.92. The lowest BCUT2D eigenvalue weighted by molar-refractivity contribution is 0.962. The SMILES string of the molecule is Clc1cccc(CC(Br)c2csc3ccccc23)c1. The molecule has 1 aromatic heterocycles. The van der Waals surface area contributed by atoms with Crippen LogP contribution in [0.3, 0.4) is 0 Å². The molecule has 0 bridgehead atoms. The minimum absolute atomic E-state index is 0.321. The van der Waals surface area contributed by atoms with Crippen LogP contribution in [0.2, 0.25) is 5.02 Å².